The quantitative estimate of drug-likeness (QED) is 0.144. The summed E-state index contributed by atoms with van der Waals surface area (Å²) in [5, 5.41) is 6.99. The SMILES string of the molecule is C=C(C)/C=C\C(=C/C)CN1CCC(NCCC)(C(CC)CC(C)CC)CC1.CC.CNCc1ccc(C)c(F)c1.Cc1cc(C=O)cnc1C. The van der Waals surface area contributed by atoms with E-state index in [9.17, 15) is 9.18 Å². The number of allylic oxidation sites excluding steroid dienone is 3. The first kappa shape index (κ1) is 47.1. The van der Waals surface area contributed by atoms with Crippen molar-refractivity contribution in [3.63, 3.8) is 0 Å². The van der Waals surface area contributed by atoms with E-state index in [4.69, 9.17) is 0 Å². The first-order valence-corrected chi connectivity index (χ1v) is 19.1. The number of rotatable bonds is 15. The van der Waals surface area contributed by atoms with Crippen LogP contribution in [0.2, 0.25) is 0 Å². The number of carbonyl (C=O) groups excluding carboxylic acids is 1. The minimum Gasteiger partial charge on any atom is -0.316 e. The van der Waals surface area contributed by atoms with Crippen LogP contribution in [0.1, 0.15) is 127 Å². The highest BCUT2D eigenvalue weighted by molar-refractivity contribution is 5.74. The Balaban J connectivity index is 0.000000846. The molecule has 2 heterocycles. The molecule has 3 rings (SSSR count). The first-order chi connectivity index (χ1) is 23.9. The highest BCUT2D eigenvalue weighted by atomic mass is 19.1. The van der Waals surface area contributed by atoms with Crippen molar-refractivity contribution in [1.29, 1.82) is 0 Å². The Morgan fingerprint density at radius 1 is 1.06 bits per heavy atom. The van der Waals surface area contributed by atoms with Gasteiger partial charge in [0.2, 0.25) is 0 Å². The maximum Gasteiger partial charge on any atom is 0.151 e. The minimum atomic E-state index is -0.127. The van der Waals surface area contributed by atoms with Crippen molar-refractivity contribution in [3.05, 3.63) is 100 Å². The van der Waals surface area contributed by atoms with Gasteiger partial charge in [-0.1, -0.05) is 96.9 Å². The second-order valence-electron chi connectivity index (χ2n) is 13.7. The van der Waals surface area contributed by atoms with Gasteiger partial charge in [-0.25, -0.2) is 4.39 Å². The van der Waals surface area contributed by atoms with Crippen LogP contribution < -0.4 is 10.6 Å². The number of pyridine rings is 1. The van der Waals surface area contributed by atoms with Gasteiger partial charge in [0.15, 0.2) is 6.29 Å². The molecule has 2 unspecified atom stereocenters. The largest absolute Gasteiger partial charge is 0.316 e. The molecule has 1 aromatic heterocycles. The average molecular weight is 693 g/mol. The Bertz CT molecular complexity index is 1290. The zero-order valence-corrected chi connectivity index (χ0v) is 34.0. The number of aldehydes is 1. The number of aromatic nitrogens is 1. The van der Waals surface area contributed by atoms with Gasteiger partial charge in [-0.15, -0.1) is 0 Å². The lowest BCUT2D eigenvalue weighted by Gasteiger charge is -2.48. The number of nitrogens with one attached hydrogen (secondary N) is 2. The Kier molecular flexibility index (Phi) is 25.2. The summed E-state index contributed by atoms with van der Waals surface area (Å²) < 4.78 is 12.9. The van der Waals surface area contributed by atoms with Crippen molar-refractivity contribution in [2.75, 3.05) is 33.2 Å². The van der Waals surface area contributed by atoms with Crippen molar-refractivity contribution < 1.29 is 9.18 Å². The van der Waals surface area contributed by atoms with E-state index in [1.807, 2.05) is 46.9 Å². The number of hydrogen-bond donors (Lipinski definition) is 2. The zero-order valence-electron chi connectivity index (χ0n) is 34.0. The molecule has 2 N–H and O–H groups in total. The summed E-state index contributed by atoms with van der Waals surface area (Å²) in [7, 11) is 1.85. The van der Waals surface area contributed by atoms with E-state index in [2.05, 4.69) is 86.9 Å². The smallest absolute Gasteiger partial charge is 0.151 e. The van der Waals surface area contributed by atoms with Crippen LogP contribution in [-0.4, -0.2) is 54.9 Å². The average Bonchev–Trinajstić information content (AvgIpc) is 3.12. The topological polar surface area (TPSA) is 57.3 Å². The number of hydrogen-bond acceptors (Lipinski definition) is 5. The third-order valence-corrected chi connectivity index (χ3v) is 9.61. The summed E-state index contributed by atoms with van der Waals surface area (Å²) in [4.78, 5) is 16.9. The van der Waals surface area contributed by atoms with Gasteiger partial charge in [0.25, 0.3) is 0 Å². The molecule has 6 heteroatoms. The van der Waals surface area contributed by atoms with Gasteiger partial charge in [-0.05, 0) is 120 Å². The predicted octanol–water partition coefficient (Wildman–Crippen LogP) is 10.8. The summed E-state index contributed by atoms with van der Waals surface area (Å²) >= 11 is 0. The highest BCUT2D eigenvalue weighted by Crippen LogP contribution is 2.37. The number of likely N-dealkylation sites (tertiary alicyclic amines) is 1. The summed E-state index contributed by atoms with van der Waals surface area (Å²) in [5.74, 6) is 1.50. The van der Waals surface area contributed by atoms with E-state index >= 15 is 0 Å². The van der Waals surface area contributed by atoms with Crippen LogP contribution in [0.5, 0.6) is 0 Å². The van der Waals surface area contributed by atoms with Crippen LogP contribution in [0, 0.1) is 38.4 Å². The van der Waals surface area contributed by atoms with Crippen LogP contribution >= 0.6 is 0 Å². The van der Waals surface area contributed by atoms with Crippen molar-refractivity contribution >= 4 is 6.29 Å². The van der Waals surface area contributed by atoms with Gasteiger partial charge in [0, 0.05) is 49.2 Å². The molecule has 2 atom stereocenters. The van der Waals surface area contributed by atoms with Crippen molar-refractivity contribution in [3.8, 4) is 0 Å². The molecule has 1 aliphatic rings. The van der Waals surface area contributed by atoms with Gasteiger partial charge >= 0.3 is 0 Å². The van der Waals surface area contributed by atoms with Gasteiger partial charge in [-0.2, -0.15) is 0 Å². The standard InChI is InChI=1S/C25H46N2.C9H12FN.C8H9NO.C2H6/c1-8-16-26-25(24(11-4)19-22(7)9-2)14-17-27(18-15-25)20-23(10-3)13-12-21(5)6;1-7-3-4-8(6-11-2)5-9(7)10;1-6-3-8(5-10)4-9-7(6)2;1-2/h10,12-13,22,24,26H,5,8-9,11,14-20H2,1-4,6-7H3;3-5,11H,6H2,1-2H3;3-5H,1-2H3;1-2H3/b13-12-,23-10+;;;. The van der Waals surface area contributed by atoms with E-state index in [-0.39, 0.29) is 5.82 Å². The number of carbonyl (C=O) groups is 1. The normalized spacial score (nSPS) is 15.4. The fourth-order valence-corrected chi connectivity index (χ4v) is 6.08. The highest BCUT2D eigenvalue weighted by Gasteiger charge is 2.40. The molecule has 0 spiro atoms. The minimum absolute atomic E-state index is 0.127. The molecule has 0 radical (unpaired) electrons. The number of nitrogens with zero attached hydrogens (tertiary/aromatic N) is 2. The van der Waals surface area contributed by atoms with Crippen molar-refractivity contribution in [2.24, 2.45) is 11.8 Å². The van der Waals surface area contributed by atoms with E-state index < -0.39 is 0 Å². The number of halogens is 1. The molecule has 1 fully saturated rings. The number of aryl methyl sites for hydroxylation is 3. The first-order valence-electron chi connectivity index (χ1n) is 19.1. The summed E-state index contributed by atoms with van der Waals surface area (Å²) in [6.07, 6.45) is 16.7. The van der Waals surface area contributed by atoms with Gasteiger partial charge in [0.05, 0.1) is 0 Å². The van der Waals surface area contributed by atoms with E-state index in [1.54, 1.807) is 25.3 Å². The zero-order chi connectivity index (χ0) is 38.1. The summed E-state index contributed by atoms with van der Waals surface area (Å²) in [6.45, 7) is 32.6. The summed E-state index contributed by atoms with van der Waals surface area (Å²) in [5.41, 5.74) is 7.22. The van der Waals surface area contributed by atoms with Gasteiger partial charge < -0.3 is 10.6 Å². The Morgan fingerprint density at radius 2 is 1.72 bits per heavy atom. The molecule has 1 aromatic carbocycles. The molecule has 282 valence electrons. The predicted molar refractivity (Wildman–Crippen MR) is 217 cm³/mol. The molecule has 0 amide bonds. The molecule has 5 nitrogen and oxygen atoms in total. The third-order valence-electron chi connectivity index (χ3n) is 9.61. The molecule has 50 heavy (non-hydrogen) atoms. The maximum atomic E-state index is 12.9. The van der Waals surface area contributed by atoms with Gasteiger partial charge in [-0.3, -0.25) is 14.7 Å². The van der Waals surface area contributed by atoms with Crippen LogP contribution in [0.25, 0.3) is 0 Å². The van der Waals surface area contributed by atoms with Crippen molar-refractivity contribution in [1.82, 2.24) is 20.5 Å². The second-order valence-corrected chi connectivity index (χ2v) is 13.7. The molecule has 1 aliphatic heterocycles. The van der Waals surface area contributed by atoms with Crippen LogP contribution in [0.4, 0.5) is 4.39 Å². The van der Waals surface area contributed by atoms with E-state index in [0.29, 0.717) is 16.7 Å². The van der Waals surface area contributed by atoms with Gasteiger partial charge in [0.1, 0.15) is 5.82 Å². The van der Waals surface area contributed by atoms with Crippen molar-refractivity contribution in [2.45, 2.75) is 127 Å². The lowest BCUT2D eigenvalue weighted by Crippen LogP contribution is -2.58. The monoisotopic (exact) mass is 693 g/mol. The Hall–Kier alpha value is -2.93. The maximum absolute atomic E-state index is 12.9. The van der Waals surface area contributed by atoms with Crippen LogP contribution in [-0.2, 0) is 6.54 Å². The molecule has 0 aliphatic carbocycles. The molecule has 2 aromatic rings. The molecule has 1 saturated heterocycles. The van der Waals surface area contributed by atoms with E-state index in [1.165, 1.54) is 57.2 Å². The summed E-state index contributed by atoms with van der Waals surface area (Å²) in [6, 6.07) is 7.11. The second kappa shape index (κ2) is 26.8. The molecular formula is C44H73FN4O. The molecular weight excluding hydrogens is 620 g/mol. The number of piperidine rings is 1. The van der Waals surface area contributed by atoms with Crippen LogP contribution in [0.15, 0.2) is 66.4 Å². The molecule has 0 bridgehead atoms. The molecule has 0 saturated carbocycles. The fraction of sp³-hybridized carbons (Fsp3) is 0.591. The lowest BCUT2D eigenvalue weighted by atomic mass is 9.71. The fourth-order valence-electron chi connectivity index (χ4n) is 6.08. The lowest BCUT2D eigenvalue weighted by molar-refractivity contribution is 0.0774. The third kappa shape index (κ3) is 17.8. The van der Waals surface area contributed by atoms with Crippen LogP contribution in [0.3, 0.4) is 0 Å². The Labute approximate surface area is 307 Å². The number of benzene rings is 1. The Morgan fingerprint density at radius 3 is 2.20 bits per heavy atom. The van der Waals surface area contributed by atoms with E-state index in [0.717, 1.165) is 60.2 Å².